The van der Waals surface area contributed by atoms with Crippen molar-refractivity contribution in [2.75, 3.05) is 49.1 Å². The summed E-state index contributed by atoms with van der Waals surface area (Å²) < 4.78 is 25.8. The van der Waals surface area contributed by atoms with E-state index in [9.17, 15) is 8.78 Å². The summed E-state index contributed by atoms with van der Waals surface area (Å²) in [7, 11) is 0. The Morgan fingerprint density at radius 2 is 1.89 bits per heavy atom. The molecule has 5 nitrogen and oxygen atoms in total. The highest BCUT2D eigenvalue weighted by atomic mass is 32.2. The van der Waals surface area contributed by atoms with E-state index in [0.717, 1.165) is 55.7 Å². The summed E-state index contributed by atoms with van der Waals surface area (Å²) in [5.74, 6) is 1.51. The lowest BCUT2D eigenvalue weighted by molar-refractivity contribution is 0.151. The minimum Gasteiger partial charge on any atom is -0.384 e. The lowest BCUT2D eigenvalue weighted by atomic mass is 10.1. The fourth-order valence-electron chi connectivity index (χ4n) is 3.29. The van der Waals surface area contributed by atoms with Crippen LogP contribution in [0, 0.1) is 0 Å². The number of anilines is 2. The molecule has 1 saturated heterocycles. The standard InChI is InChI=1S/C20H27F2N5S/c21-19(22)16-5-4-6-17(15-16)27-12-10-26(11-13-27)9-2-1-3-14-28-20-24-8-7-18(23)25-20/h4-8,15,19H,1-3,9-14H2,(H2,23,24,25). The van der Waals surface area contributed by atoms with Crippen LogP contribution in [0.5, 0.6) is 0 Å². The molecule has 0 saturated carbocycles. The predicted octanol–water partition coefficient (Wildman–Crippen LogP) is 4.08. The lowest BCUT2D eigenvalue weighted by Gasteiger charge is -2.36. The molecule has 0 amide bonds. The second-order valence-corrected chi connectivity index (χ2v) is 7.96. The Bertz CT molecular complexity index is 738. The van der Waals surface area contributed by atoms with Gasteiger partial charge >= 0.3 is 0 Å². The average molecular weight is 408 g/mol. The van der Waals surface area contributed by atoms with Crippen molar-refractivity contribution in [3.05, 3.63) is 42.1 Å². The molecule has 1 aromatic carbocycles. The van der Waals surface area contributed by atoms with Gasteiger partial charge in [0, 0.05) is 49.4 Å². The number of alkyl halides is 2. The van der Waals surface area contributed by atoms with E-state index < -0.39 is 6.43 Å². The highest BCUT2D eigenvalue weighted by molar-refractivity contribution is 7.99. The third-order valence-corrected chi connectivity index (χ3v) is 5.81. The first-order valence-electron chi connectivity index (χ1n) is 9.68. The predicted molar refractivity (Wildman–Crippen MR) is 111 cm³/mol. The van der Waals surface area contributed by atoms with Gasteiger partial charge in [0.25, 0.3) is 6.43 Å². The van der Waals surface area contributed by atoms with Crippen LogP contribution >= 0.6 is 11.8 Å². The number of nitrogens with zero attached hydrogens (tertiary/aromatic N) is 4. The lowest BCUT2D eigenvalue weighted by Crippen LogP contribution is -2.46. The van der Waals surface area contributed by atoms with E-state index in [0.29, 0.717) is 5.82 Å². The van der Waals surface area contributed by atoms with Gasteiger partial charge in [-0.15, -0.1) is 0 Å². The number of hydrogen-bond donors (Lipinski definition) is 1. The number of rotatable bonds is 9. The van der Waals surface area contributed by atoms with Gasteiger partial charge in [0.1, 0.15) is 5.82 Å². The van der Waals surface area contributed by atoms with Crippen molar-refractivity contribution in [1.29, 1.82) is 0 Å². The zero-order valence-electron chi connectivity index (χ0n) is 15.9. The normalized spacial score (nSPS) is 15.3. The highest BCUT2D eigenvalue weighted by Gasteiger charge is 2.18. The molecule has 0 aliphatic carbocycles. The maximum atomic E-state index is 12.9. The van der Waals surface area contributed by atoms with Crippen molar-refractivity contribution >= 4 is 23.3 Å². The van der Waals surface area contributed by atoms with E-state index in [1.807, 2.05) is 6.07 Å². The van der Waals surface area contributed by atoms with Crippen LogP contribution in [0.2, 0.25) is 0 Å². The van der Waals surface area contributed by atoms with Gasteiger partial charge in [-0.25, -0.2) is 18.7 Å². The van der Waals surface area contributed by atoms with Crippen LogP contribution in [-0.2, 0) is 0 Å². The number of thioether (sulfide) groups is 1. The molecular weight excluding hydrogens is 380 g/mol. The molecule has 1 aromatic heterocycles. The van der Waals surface area contributed by atoms with E-state index in [1.165, 1.54) is 18.9 Å². The molecule has 0 radical (unpaired) electrons. The number of piperazine rings is 1. The number of unbranched alkanes of at least 4 members (excludes halogenated alkanes) is 2. The van der Waals surface area contributed by atoms with Gasteiger partial charge in [-0.2, -0.15) is 0 Å². The van der Waals surface area contributed by atoms with Crippen LogP contribution < -0.4 is 10.6 Å². The Morgan fingerprint density at radius 3 is 2.64 bits per heavy atom. The van der Waals surface area contributed by atoms with Crippen LogP contribution in [0.4, 0.5) is 20.3 Å². The van der Waals surface area contributed by atoms with Gasteiger partial charge in [0.15, 0.2) is 5.16 Å². The molecule has 8 heteroatoms. The Kier molecular flexibility index (Phi) is 7.85. The number of hydrogen-bond acceptors (Lipinski definition) is 6. The maximum Gasteiger partial charge on any atom is 0.263 e. The molecule has 0 spiro atoms. The van der Waals surface area contributed by atoms with Crippen LogP contribution in [0.15, 0.2) is 41.7 Å². The minimum atomic E-state index is -2.41. The van der Waals surface area contributed by atoms with Crippen molar-refractivity contribution in [2.45, 2.75) is 30.8 Å². The fraction of sp³-hybridized carbons (Fsp3) is 0.500. The third-order valence-electron chi connectivity index (χ3n) is 4.86. The van der Waals surface area contributed by atoms with Gasteiger partial charge < -0.3 is 10.6 Å². The summed E-state index contributed by atoms with van der Waals surface area (Å²) >= 11 is 1.65. The van der Waals surface area contributed by atoms with Crippen molar-refractivity contribution < 1.29 is 8.78 Å². The summed E-state index contributed by atoms with van der Waals surface area (Å²) in [4.78, 5) is 13.0. The largest absolute Gasteiger partial charge is 0.384 e. The monoisotopic (exact) mass is 407 g/mol. The first-order chi connectivity index (χ1) is 13.6. The van der Waals surface area contributed by atoms with Gasteiger partial charge in [-0.1, -0.05) is 30.3 Å². The van der Waals surface area contributed by atoms with Crippen LogP contribution in [0.3, 0.4) is 0 Å². The number of aromatic nitrogens is 2. The molecule has 2 aromatic rings. The molecule has 3 rings (SSSR count). The number of benzene rings is 1. The van der Waals surface area contributed by atoms with Crippen molar-refractivity contribution in [3.63, 3.8) is 0 Å². The molecular formula is C20H27F2N5S. The Hall–Kier alpha value is -1.93. The molecule has 1 fully saturated rings. The van der Waals surface area contributed by atoms with E-state index in [2.05, 4.69) is 19.8 Å². The molecule has 2 heterocycles. The Labute approximate surface area is 169 Å². The molecule has 0 bridgehead atoms. The SMILES string of the molecule is Nc1ccnc(SCCCCCN2CCN(c3cccc(C(F)F)c3)CC2)n1. The quantitative estimate of drug-likeness (QED) is 0.384. The van der Waals surface area contributed by atoms with Crippen LogP contribution in [0.1, 0.15) is 31.3 Å². The van der Waals surface area contributed by atoms with Gasteiger partial charge in [0.2, 0.25) is 0 Å². The maximum absolute atomic E-state index is 12.9. The molecule has 0 unspecified atom stereocenters. The fourth-order valence-corrected chi connectivity index (χ4v) is 4.12. The number of halogens is 2. The molecule has 1 aliphatic rings. The van der Waals surface area contributed by atoms with Gasteiger partial charge in [-0.05, 0) is 37.6 Å². The summed E-state index contributed by atoms with van der Waals surface area (Å²) in [6.07, 6.45) is 2.74. The summed E-state index contributed by atoms with van der Waals surface area (Å²) in [5, 5.41) is 0.743. The second kappa shape index (κ2) is 10.6. The smallest absolute Gasteiger partial charge is 0.263 e. The average Bonchev–Trinajstić information content (AvgIpc) is 2.71. The van der Waals surface area contributed by atoms with E-state index in [1.54, 1.807) is 36.2 Å². The van der Waals surface area contributed by atoms with E-state index >= 15 is 0 Å². The topological polar surface area (TPSA) is 58.3 Å². The van der Waals surface area contributed by atoms with Gasteiger partial charge in [0.05, 0.1) is 0 Å². The Balaban J connectivity index is 1.30. The van der Waals surface area contributed by atoms with Crippen molar-refractivity contribution in [3.8, 4) is 0 Å². The van der Waals surface area contributed by atoms with Crippen molar-refractivity contribution in [2.24, 2.45) is 0 Å². The number of nitrogens with two attached hydrogens (primary N) is 1. The molecule has 28 heavy (non-hydrogen) atoms. The number of nitrogen functional groups attached to an aromatic ring is 1. The second-order valence-electron chi connectivity index (χ2n) is 6.90. The zero-order valence-corrected chi connectivity index (χ0v) is 16.8. The summed E-state index contributed by atoms with van der Waals surface area (Å²) in [6.45, 7) is 4.81. The Morgan fingerprint density at radius 1 is 1.07 bits per heavy atom. The van der Waals surface area contributed by atoms with E-state index in [-0.39, 0.29) is 5.56 Å². The van der Waals surface area contributed by atoms with Crippen molar-refractivity contribution in [1.82, 2.24) is 14.9 Å². The summed E-state index contributed by atoms with van der Waals surface area (Å²) in [6, 6.07) is 8.43. The van der Waals surface area contributed by atoms with E-state index in [4.69, 9.17) is 5.73 Å². The first-order valence-corrected chi connectivity index (χ1v) is 10.7. The molecule has 1 aliphatic heterocycles. The molecule has 152 valence electrons. The zero-order chi connectivity index (χ0) is 19.8. The highest BCUT2D eigenvalue weighted by Crippen LogP contribution is 2.24. The third kappa shape index (κ3) is 6.31. The summed E-state index contributed by atoms with van der Waals surface area (Å²) in [5.41, 5.74) is 6.65. The molecule has 2 N–H and O–H groups in total. The minimum absolute atomic E-state index is 0.0985. The molecule has 0 atom stereocenters. The van der Waals surface area contributed by atoms with Crippen LogP contribution in [-0.4, -0.2) is 53.3 Å². The van der Waals surface area contributed by atoms with Crippen LogP contribution in [0.25, 0.3) is 0 Å². The van der Waals surface area contributed by atoms with Gasteiger partial charge in [-0.3, -0.25) is 4.90 Å². The first kappa shape index (κ1) is 20.8.